The van der Waals surface area contributed by atoms with Crippen molar-refractivity contribution in [2.24, 2.45) is 0 Å². The van der Waals surface area contributed by atoms with E-state index in [0.29, 0.717) is 11.7 Å². The molecule has 1 fully saturated rings. The Morgan fingerprint density at radius 3 is 2.85 bits per heavy atom. The number of nitrogens with zero attached hydrogens (tertiary/aromatic N) is 3. The number of benzene rings is 1. The van der Waals surface area contributed by atoms with Gasteiger partial charge in [0.25, 0.3) is 0 Å². The second kappa shape index (κ2) is 7.70. The topological polar surface area (TPSA) is 70.8 Å². The molecule has 3 heterocycles. The van der Waals surface area contributed by atoms with Gasteiger partial charge in [-0.2, -0.15) is 5.10 Å². The maximum Gasteiger partial charge on any atom is 0.127 e. The minimum Gasteiger partial charge on any atom is -0.383 e. The fourth-order valence-electron chi connectivity index (χ4n) is 3.89. The van der Waals surface area contributed by atoms with Gasteiger partial charge in [0.05, 0.1) is 6.20 Å². The van der Waals surface area contributed by atoms with Crippen LogP contribution >= 0.6 is 0 Å². The van der Waals surface area contributed by atoms with Gasteiger partial charge in [-0.3, -0.25) is 10.00 Å². The van der Waals surface area contributed by atoms with Gasteiger partial charge in [-0.05, 0) is 36.6 Å². The number of aromatic nitrogens is 3. The van der Waals surface area contributed by atoms with E-state index >= 15 is 0 Å². The summed E-state index contributed by atoms with van der Waals surface area (Å²) in [5, 5.41) is 7.62. The summed E-state index contributed by atoms with van der Waals surface area (Å²) in [5.74, 6) is 1.13. The van der Waals surface area contributed by atoms with Crippen molar-refractivity contribution in [2.45, 2.75) is 31.7 Å². The Morgan fingerprint density at radius 1 is 1.12 bits per heavy atom. The summed E-state index contributed by atoms with van der Waals surface area (Å²) < 4.78 is 0. The number of anilines is 1. The Bertz CT molecular complexity index is 842. The average Bonchev–Trinajstić information content (AvgIpc) is 3.13. The number of rotatable bonds is 5. The molecule has 3 aromatic rings. The first-order valence-electron chi connectivity index (χ1n) is 9.27. The highest BCUT2D eigenvalue weighted by Gasteiger charge is 2.25. The Balaban J connectivity index is 1.47. The van der Waals surface area contributed by atoms with Crippen LogP contribution in [0, 0.1) is 0 Å². The van der Waals surface area contributed by atoms with Gasteiger partial charge in [-0.1, -0.05) is 36.4 Å². The summed E-state index contributed by atoms with van der Waals surface area (Å²) >= 11 is 0. The highest BCUT2D eigenvalue weighted by atomic mass is 15.2. The molecule has 3 N–H and O–H groups in total. The molecule has 0 saturated carbocycles. The third-order valence-corrected chi connectivity index (χ3v) is 5.22. The van der Waals surface area contributed by atoms with Crippen LogP contribution in [0.25, 0.3) is 0 Å². The minimum absolute atomic E-state index is 0.489. The lowest BCUT2D eigenvalue weighted by molar-refractivity contribution is 0.198. The van der Waals surface area contributed by atoms with Crippen molar-refractivity contribution >= 4 is 5.82 Å². The van der Waals surface area contributed by atoms with Crippen LogP contribution < -0.4 is 5.73 Å². The van der Waals surface area contributed by atoms with E-state index in [4.69, 9.17) is 5.73 Å². The van der Waals surface area contributed by atoms with Crippen LogP contribution in [0.3, 0.4) is 0 Å². The van der Waals surface area contributed by atoms with E-state index in [1.807, 2.05) is 12.3 Å². The van der Waals surface area contributed by atoms with E-state index in [1.165, 1.54) is 29.7 Å². The molecule has 134 valence electrons. The number of aromatic amines is 1. The molecular weight excluding hydrogens is 322 g/mol. The maximum atomic E-state index is 6.02. The average molecular weight is 347 g/mol. The van der Waals surface area contributed by atoms with Gasteiger partial charge in [0.1, 0.15) is 5.82 Å². The lowest BCUT2D eigenvalue weighted by Gasteiger charge is -2.32. The van der Waals surface area contributed by atoms with Gasteiger partial charge in [0.2, 0.25) is 0 Å². The number of nitrogens with two attached hydrogens (primary N) is 1. The zero-order valence-electron chi connectivity index (χ0n) is 14.9. The van der Waals surface area contributed by atoms with Crippen molar-refractivity contribution < 1.29 is 0 Å². The first kappa shape index (κ1) is 16.8. The van der Waals surface area contributed by atoms with E-state index in [2.05, 4.69) is 56.5 Å². The maximum absolute atomic E-state index is 6.02. The number of pyridine rings is 1. The fraction of sp³-hybridized carbons (Fsp3) is 0.333. The largest absolute Gasteiger partial charge is 0.383 e. The number of likely N-dealkylation sites (tertiary alicyclic amines) is 1. The lowest BCUT2D eigenvalue weighted by Crippen LogP contribution is -2.34. The third-order valence-electron chi connectivity index (χ3n) is 5.22. The molecule has 5 heteroatoms. The molecule has 1 aromatic carbocycles. The Kier molecular flexibility index (Phi) is 4.97. The highest BCUT2D eigenvalue weighted by molar-refractivity contribution is 5.38. The first-order chi connectivity index (χ1) is 12.8. The second-order valence-electron chi connectivity index (χ2n) is 7.09. The molecule has 0 spiro atoms. The molecule has 5 nitrogen and oxygen atoms in total. The van der Waals surface area contributed by atoms with Gasteiger partial charge in [-0.15, -0.1) is 0 Å². The number of hydrogen-bond donors (Lipinski definition) is 2. The summed E-state index contributed by atoms with van der Waals surface area (Å²) in [6, 6.07) is 14.6. The molecule has 0 unspecified atom stereocenters. The lowest BCUT2D eigenvalue weighted by atomic mass is 9.90. The molecule has 1 aliphatic heterocycles. The van der Waals surface area contributed by atoms with E-state index < -0.39 is 0 Å². The third kappa shape index (κ3) is 3.78. The van der Waals surface area contributed by atoms with Crippen LogP contribution in [0.2, 0.25) is 0 Å². The quantitative estimate of drug-likeness (QED) is 0.742. The summed E-state index contributed by atoms with van der Waals surface area (Å²) in [5.41, 5.74) is 11.1. The van der Waals surface area contributed by atoms with Crippen LogP contribution in [0.4, 0.5) is 5.82 Å². The first-order valence-corrected chi connectivity index (χ1v) is 9.27. The van der Waals surface area contributed by atoms with E-state index in [0.717, 1.165) is 31.6 Å². The van der Waals surface area contributed by atoms with Crippen LogP contribution in [0.1, 0.15) is 41.1 Å². The van der Waals surface area contributed by atoms with Crippen LogP contribution in [-0.4, -0.2) is 33.2 Å². The van der Waals surface area contributed by atoms with Crippen molar-refractivity contribution in [2.75, 3.05) is 18.8 Å². The summed E-state index contributed by atoms with van der Waals surface area (Å²) in [6.07, 6.45) is 7.05. The van der Waals surface area contributed by atoms with Crippen molar-refractivity contribution in [3.05, 3.63) is 77.2 Å². The number of nitrogens with one attached hydrogen (secondary N) is 1. The van der Waals surface area contributed by atoms with Crippen LogP contribution in [-0.2, 0) is 13.0 Å². The van der Waals surface area contributed by atoms with E-state index in [-0.39, 0.29) is 0 Å². The normalized spacial score (nSPS) is 18.1. The summed E-state index contributed by atoms with van der Waals surface area (Å²) in [4.78, 5) is 6.69. The molecule has 4 rings (SSSR count). The van der Waals surface area contributed by atoms with Crippen molar-refractivity contribution in [1.29, 1.82) is 0 Å². The highest BCUT2D eigenvalue weighted by Crippen LogP contribution is 2.30. The molecular formula is C21H25N5. The van der Waals surface area contributed by atoms with Crippen molar-refractivity contribution in [3.63, 3.8) is 0 Å². The van der Waals surface area contributed by atoms with Gasteiger partial charge >= 0.3 is 0 Å². The molecule has 1 aliphatic rings. The van der Waals surface area contributed by atoms with Gasteiger partial charge in [-0.25, -0.2) is 4.98 Å². The SMILES string of the molecule is Nc1ncccc1CN1CCC[C@H](c2[nH]ncc2Cc2ccccc2)C1. The van der Waals surface area contributed by atoms with Gasteiger partial charge < -0.3 is 5.73 Å². The molecule has 0 radical (unpaired) electrons. The van der Waals surface area contributed by atoms with E-state index in [9.17, 15) is 0 Å². The smallest absolute Gasteiger partial charge is 0.127 e. The zero-order valence-corrected chi connectivity index (χ0v) is 14.9. The summed E-state index contributed by atoms with van der Waals surface area (Å²) in [6.45, 7) is 2.99. The molecule has 0 amide bonds. The Hall–Kier alpha value is -2.66. The molecule has 0 aliphatic carbocycles. The standard InChI is InChI=1S/C21H25N5/c22-21-18(8-4-10-23-21)15-26-11-5-9-17(14-26)20-19(13-24-25-20)12-16-6-2-1-3-7-16/h1-4,6-8,10,13,17H,5,9,11-12,14-15H2,(H2,22,23)(H,24,25)/t17-/m0/s1. The predicted octanol–water partition coefficient (Wildman–Crippen LogP) is 3.36. The molecule has 2 aromatic heterocycles. The van der Waals surface area contributed by atoms with Crippen molar-refractivity contribution in [3.8, 4) is 0 Å². The molecule has 1 atom stereocenters. The number of hydrogen-bond acceptors (Lipinski definition) is 4. The molecule has 26 heavy (non-hydrogen) atoms. The predicted molar refractivity (Wildman–Crippen MR) is 104 cm³/mol. The number of nitrogen functional groups attached to an aromatic ring is 1. The molecule has 0 bridgehead atoms. The number of H-pyrrole nitrogens is 1. The van der Waals surface area contributed by atoms with Crippen molar-refractivity contribution in [1.82, 2.24) is 20.1 Å². The van der Waals surface area contributed by atoms with E-state index in [1.54, 1.807) is 6.20 Å². The Labute approximate surface area is 154 Å². The monoisotopic (exact) mass is 347 g/mol. The second-order valence-corrected chi connectivity index (χ2v) is 7.09. The molecule has 1 saturated heterocycles. The summed E-state index contributed by atoms with van der Waals surface area (Å²) in [7, 11) is 0. The Morgan fingerprint density at radius 2 is 2.00 bits per heavy atom. The van der Waals surface area contributed by atoms with Crippen LogP contribution in [0.5, 0.6) is 0 Å². The number of piperidine rings is 1. The fourth-order valence-corrected chi connectivity index (χ4v) is 3.89. The van der Waals surface area contributed by atoms with Gasteiger partial charge in [0.15, 0.2) is 0 Å². The minimum atomic E-state index is 0.489. The zero-order chi connectivity index (χ0) is 17.8. The van der Waals surface area contributed by atoms with Crippen LogP contribution in [0.15, 0.2) is 54.9 Å². The van der Waals surface area contributed by atoms with Gasteiger partial charge in [0, 0.05) is 42.9 Å².